The third kappa shape index (κ3) is 2.41. The number of carbonyl (C=O) groups is 1. The molecule has 0 saturated heterocycles. The van der Waals surface area contributed by atoms with Gasteiger partial charge in [-0.05, 0) is 24.9 Å². The van der Waals surface area contributed by atoms with Crippen LogP contribution < -0.4 is 11.1 Å². The SMILES string of the molecule is CSCCCC1NC(=O)N=C1N. The molecule has 0 aliphatic carbocycles. The zero-order chi connectivity index (χ0) is 8.97. The van der Waals surface area contributed by atoms with Crippen molar-refractivity contribution in [2.75, 3.05) is 12.0 Å². The number of amidine groups is 1. The Morgan fingerprint density at radius 1 is 1.75 bits per heavy atom. The van der Waals surface area contributed by atoms with Crippen LogP contribution in [-0.4, -0.2) is 29.9 Å². The van der Waals surface area contributed by atoms with Gasteiger partial charge in [0.15, 0.2) is 0 Å². The highest BCUT2D eigenvalue weighted by Gasteiger charge is 2.22. The Morgan fingerprint density at radius 3 is 3.00 bits per heavy atom. The molecule has 3 N–H and O–H groups in total. The van der Waals surface area contributed by atoms with E-state index >= 15 is 0 Å². The lowest BCUT2D eigenvalue weighted by Gasteiger charge is -2.08. The van der Waals surface area contributed by atoms with E-state index in [4.69, 9.17) is 5.73 Å². The summed E-state index contributed by atoms with van der Waals surface area (Å²) in [5, 5.41) is 2.69. The Morgan fingerprint density at radius 2 is 2.50 bits per heavy atom. The van der Waals surface area contributed by atoms with Crippen molar-refractivity contribution in [3.8, 4) is 0 Å². The van der Waals surface area contributed by atoms with Crippen molar-refractivity contribution in [3.63, 3.8) is 0 Å². The summed E-state index contributed by atoms with van der Waals surface area (Å²) in [6.07, 6.45) is 4.01. The second-order valence-corrected chi connectivity index (χ2v) is 3.66. The molecule has 0 fully saturated rings. The van der Waals surface area contributed by atoms with Crippen molar-refractivity contribution >= 4 is 23.6 Å². The molecule has 1 atom stereocenters. The number of thioether (sulfide) groups is 1. The highest BCUT2D eigenvalue weighted by Crippen LogP contribution is 2.06. The maximum Gasteiger partial charge on any atom is 0.343 e. The Kier molecular flexibility index (Phi) is 3.40. The molecule has 0 bridgehead atoms. The zero-order valence-corrected chi connectivity index (χ0v) is 7.86. The first-order valence-electron chi connectivity index (χ1n) is 3.87. The number of nitrogens with one attached hydrogen (secondary N) is 1. The van der Waals surface area contributed by atoms with Gasteiger partial charge in [-0.15, -0.1) is 0 Å². The molecular weight excluding hydrogens is 174 g/mol. The van der Waals surface area contributed by atoms with Gasteiger partial charge in [-0.3, -0.25) is 0 Å². The van der Waals surface area contributed by atoms with Gasteiger partial charge in [0, 0.05) is 0 Å². The number of carbonyl (C=O) groups excluding carboxylic acids is 1. The molecule has 0 spiro atoms. The third-order valence-electron chi connectivity index (χ3n) is 1.73. The van der Waals surface area contributed by atoms with Gasteiger partial charge in [0.2, 0.25) is 0 Å². The van der Waals surface area contributed by atoms with Crippen LogP contribution >= 0.6 is 11.8 Å². The van der Waals surface area contributed by atoms with Gasteiger partial charge in [-0.25, -0.2) is 4.79 Å². The Balaban J connectivity index is 2.26. The van der Waals surface area contributed by atoms with E-state index < -0.39 is 0 Å². The third-order valence-corrected chi connectivity index (χ3v) is 2.42. The minimum absolute atomic E-state index is 0.0235. The number of nitrogens with two attached hydrogens (primary N) is 1. The first-order chi connectivity index (χ1) is 5.74. The van der Waals surface area contributed by atoms with Crippen molar-refractivity contribution in [2.45, 2.75) is 18.9 Å². The summed E-state index contributed by atoms with van der Waals surface area (Å²) in [4.78, 5) is 14.3. The lowest BCUT2D eigenvalue weighted by atomic mass is 10.1. The van der Waals surface area contributed by atoms with Crippen molar-refractivity contribution in [1.29, 1.82) is 0 Å². The molecule has 0 aromatic heterocycles. The van der Waals surface area contributed by atoms with E-state index in [-0.39, 0.29) is 12.1 Å². The number of amides is 2. The van der Waals surface area contributed by atoms with Crippen LogP contribution in [0, 0.1) is 0 Å². The van der Waals surface area contributed by atoms with E-state index in [0.29, 0.717) is 5.84 Å². The second kappa shape index (κ2) is 4.35. The summed E-state index contributed by atoms with van der Waals surface area (Å²) < 4.78 is 0. The molecule has 0 aromatic carbocycles. The van der Waals surface area contributed by atoms with Gasteiger partial charge in [0.05, 0.1) is 6.04 Å². The van der Waals surface area contributed by atoms with Gasteiger partial charge in [-0.1, -0.05) is 0 Å². The predicted molar refractivity (Wildman–Crippen MR) is 51.6 cm³/mol. The van der Waals surface area contributed by atoms with Crippen LogP contribution in [0.2, 0.25) is 0 Å². The van der Waals surface area contributed by atoms with Crippen molar-refractivity contribution in [1.82, 2.24) is 5.32 Å². The fourth-order valence-electron chi connectivity index (χ4n) is 1.10. The molecule has 2 amide bonds. The minimum atomic E-state index is -0.304. The smallest absolute Gasteiger partial charge is 0.343 e. The molecule has 4 nitrogen and oxygen atoms in total. The molecule has 68 valence electrons. The highest BCUT2D eigenvalue weighted by atomic mass is 32.2. The van der Waals surface area contributed by atoms with Gasteiger partial charge < -0.3 is 11.1 Å². The summed E-state index contributed by atoms with van der Waals surface area (Å²) in [6.45, 7) is 0. The average molecular weight is 187 g/mol. The number of aliphatic imine (C=N–C) groups is 1. The first-order valence-corrected chi connectivity index (χ1v) is 5.27. The predicted octanol–water partition coefficient (Wildman–Crippen LogP) is 0.579. The van der Waals surface area contributed by atoms with E-state index in [1.54, 1.807) is 11.8 Å². The van der Waals surface area contributed by atoms with Crippen LogP contribution in [0.4, 0.5) is 4.79 Å². The molecule has 0 aromatic rings. The topological polar surface area (TPSA) is 67.5 Å². The van der Waals surface area contributed by atoms with Crippen LogP contribution in [0.25, 0.3) is 0 Å². The number of urea groups is 1. The van der Waals surface area contributed by atoms with Crippen molar-refractivity contribution in [3.05, 3.63) is 0 Å². The van der Waals surface area contributed by atoms with Crippen LogP contribution in [0.15, 0.2) is 4.99 Å². The monoisotopic (exact) mass is 187 g/mol. The van der Waals surface area contributed by atoms with Crippen molar-refractivity contribution < 1.29 is 4.79 Å². The Labute approximate surface area is 76.0 Å². The Hall–Kier alpha value is -0.710. The minimum Gasteiger partial charge on any atom is -0.385 e. The molecular formula is C7H13N3OS. The van der Waals surface area contributed by atoms with Gasteiger partial charge >= 0.3 is 6.03 Å². The molecule has 0 saturated carbocycles. The maximum atomic E-state index is 10.7. The molecule has 1 heterocycles. The van der Waals surface area contributed by atoms with E-state index in [0.717, 1.165) is 18.6 Å². The summed E-state index contributed by atoms with van der Waals surface area (Å²) >= 11 is 1.79. The zero-order valence-electron chi connectivity index (χ0n) is 7.04. The molecule has 1 aliphatic rings. The Bertz CT molecular complexity index is 205. The number of hydrogen-bond donors (Lipinski definition) is 2. The van der Waals surface area contributed by atoms with E-state index in [1.807, 2.05) is 0 Å². The standard InChI is InChI=1S/C7H13N3OS/c1-12-4-2-3-5-6(8)10-7(11)9-5/h5H,2-4H2,1H3,(H3,8,9,10,11). The van der Waals surface area contributed by atoms with E-state index in [2.05, 4.69) is 16.6 Å². The largest absolute Gasteiger partial charge is 0.385 e. The van der Waals surface area contributed by atoms with Gasteiger partial charge in [0.1, 0.15) is 5.84 Å². The van der Waals surface area contributed by atoms with E-state index in [1.165, 1.54) is 0 Å². The van der Waals surface area contributed by atoms with Crippen molar-refractivity contribution in [2.24, 2.45) is 10.7 Å². The van der Waals surface area contributed by atoms with Crippen LogP contribution in [0.3, 0.4) is 0 Å². The quantitative estimate of drug-likeness (QED) is 0.632. The number of nitrogens with zero attached hydrogens (tertiary/aromatic N) is 1. The lowest BCUT2D eigenvalue weighted by molar-refractivity contribution is 0.250. The molecule has 1 aliphatic heterocycles. The lowest BCUT2D eigenvalue weighted by Crippen LogP contribution is -2.36. The summed E-state index contributed by atoms with van der Waals surface area (Å²) in [5.41, 5.74) is 5.51. The maximum absolute atomic E-state index is 10.7. The van der Waals surface area contributed by atoms with E-state index in [9.17, 15) is 4.79 Å². The second-order valence-electron chi connectivity index (χ2n) is 2.67. The van der Waals surface area contributed by atoms with Gasteiger partial charge in [0.25, 0.3) is 0 Å². The number of rotatable bonds is 4. The first kappa shape index (κ1) is 9.38. The van der Waals surface area contributed by atoms with Gasteiger partial charge in [-0.2, -0.15) is 16.8 Å². The summed E-state index contributed by atoms with van der Waals surface area (Å²) in [7, 11) is 0. The van der Waals surface area contributed by atoms with Crippen LogP contribution in [-0.2, 0) is 0 Å². The van der Waals surface area contributed by atoms with Crippen LogP contribution in [0.1, 0.15) is 12.8 Å². The fraction of sp³-hybridized carbons (Fsp3) is 0.714. The van der Waals surface area contributed by atoms with Crippen LogP contribution in [0.5, 0.6) is 0 Å². The molecule has 1 rings (SSSR count). The summed E-state index contributed by atoms with van der Waals surface area (Å²) in [5.74, 6) is 1.53. The fourth-order valence-corrected chi connectivity index (χ4v) is 1.56. The highest BCUT2D eigenvalue weighted by molar-refractivity contribution is 7.98. The molecule has 12 heavy (non-hydrogen) atoms. The number of hydrogen-bond acceptors (Lipinski definition) is 3. The average Bonchev–Trinajstić information content (AvgIpc) is 2.31. The molecule has 0 radical (unpaired) electrons. The molecule has 1 unspecified atom stereocenters. The summed E-state index contributed by atoms with van der Waals surface area (Å²) in [6, 6.07) is -0.327. The molecule has 5 heteroatoms. The normalized spacial score (nSPS) is 22.2.